The van der Waals surface area contributed by atoms with Crippen molar-refractivity contribution < 1.29 is 22.3 Å². The van der Waals surface area contributed by atoms with Gasteiger partial charge in [-0.3, -0.25) is 4.79 Å². The molecule has 0 fully saturated rings. The second-order valence-electron chi connectivity index (χ2n) is 6.57. The second kappa shape index (κ2) is 9.71. The minimum absolute atomic E-state index is 0.202. The van der Waals surface area contributed by atoms with Crippen LogP contribution in [0.25, 0.3) is 0 Å². The predicted molar refractivity (Wildman–Crippen MR) is 111 cm³/mol. The quantitative estimate of drug-likeness (QED) is 0.673. The Morgan fingerprint density at radius 2 is 1.69 bits per heavy atom. The Morgan fingerprint density at radius 1 is 1.10 bits per heavy atom. The normalized spacial score (nSPS) is 12.5. The van der Waals surface area contributed by atoms with Crippen LogP contribution in [0.4, 0.5) is 10.1 Å². The molecule has 0 saturated heterocycles. The lowest BCUT2D eigenvalue weighted by Gasteiger charge is -2.28. The highest BCUT2D eigenvalue weighted by Crippen LogP contribution is 2.22. The van der Waals surface area contributed by atoms with Gasteiger partial charge in [-0.2, -0.15) is 12.7 Å². The first-order valence-corrected chi connectivity index (χ1v) is 10.5. The average molecular weight is 424 g/mol. The maximum absolute atomic E-state index is 13.3. The highest BCUT2D eigenvalue weighted by atomic mass is 32.2. The number of carbonyl (C=O) groups excluding carboxylic acids is 1. The van der Waals surface area contributed by atoms with Gasteiger partial charge in [0.1, 0.15) is 18.1 Å². The number of halogens is 1. The first kappa shape index (κ1) is 22.6. The summed E-state index contributed by atoms with van der Waals surface area (Å²) in [4.78, 5) is 12.7. The Labute approximate surface area is 171 Å². The van der Waals surface area contributed by atoms with Crippen LogP contribution in [0.3, 0.4) is 0 Å². The van der Waals surface area contributed by atoms with Crippen molar-refractivity contribution in [3.63, 3.8) is 0 Å². The zero-order valence-electron chi connectivity index (χ0n) is 16.9. The van der Waals surface area contributed by atoms with E-state index in [0.717, 1.165) is 26.3 Å². The molecule has 0 heterocycles. The Hall–Kier alpha value is -2.65. The van der Waals surface area contributed by atoms with Crippen LogP contribution in [-0.4, -0.2) is 46.4 Å². The molecule has 0 aromatic heterocycles. The van der Waals surface area contributed by atoms with Gasteiger partial charge in [0.15, 0.2) is 0 Å². The molecule has 0 spiro atoms. The lowest BCUT2D eigenvalue weighted by Crippen LogP contribution is -2.46. The zero-order valence-corrected chi connectivity index (χ0v) is 17.7. The number of benzene rings is 2. The van der Waals surface area contributed by atoms with Crippen LogP contribution in [0.5, 0.6) is 5.75 Å². The van der Waals surface area contributed by atoms with Gasteiger partial charge in [0, 0.05) is 14.1 Å². The first-order chi connectivity index (χ1) is 13.7. The lowest BCUT2D eigenvalue weighted by atomic mass is 10.0. The summed E-state index contributed by atoms with van der Waals surface area (Å²) in [6.07, 6.45) is 0.620. The van der Waals surface area contributed by atoms with Gasteiger partial charge in [0.05, 0.1) is 18.8 Å². The number of anilines is 1. The number of ether oxygens (including phenoxy) is 1. The molecule has 1 amide bonds. The van der Waals surface area contributed by atoms with E-state index in [1.165, 1.54) is 26.2 Å². The molecule has 0 aliphatic rings. The van der Waals surface area contributed by atoms with Gasteiger partial charge in [-0.25, -0.2) is 8.70 Å². The average Bonchev–Trinajstić information content (AvgIpc) is 2.71. The third kappa shape index (κ3) is 5.68. The molecule has 0 aliphatic heterocycles. The van der Waals surface area contributed by atoms with Gasteiger partial charge in [-0.05, 0) is 48.4 Å². The van der Waals surface area contributed by atoms with E-state index in [-0.39, 0.29) is 11.7 Å². The van der Waals surface area contributed by atoms with E-state index in [2.05, 4.69) is 5.32 Å². The molecule has 2 aromatic carbocycles. The number of nitrogens with zero attached hydrogens (tertiary/aromatic N) is 2. The highest BCUT2D eigenvalue weighted by Gasteiger charge is 2.28. The minimum Gasteiger partial charge on any atom is -0.497 e. The monoisotopic (exact) mass is 423 g/mol. The number of hydrogen-bond donors (Lipinski definition) is 1. The van der Waals surface area contributed by atoms with Crippen molar-refractivity contribution in [2.45, 2.75) is 19.4 Å². The molecular weight excluding hydrogens is 397 g/mol. The maximum Gasteiger partial charge on any atom is 0.304 e. The summed E-state index contributed by atoms with van der Waals surface area (Å²) in [5.41, 5.74) is 1.08. The van der Waals surface area contributed by atoms with E-state index >= 15 is 0 Å². The van der Waals surface area contributed by atoms with Crippen molar-refractivity contribution in [1.82, 2.24) is 9.62 Å². The van der Waals surface area contributed by atoms with Crippen LogP contribution < -0.4 is 14.4 Å². The maximum atomic E-state index is 13.3. The molecule has 29 heavy (non-hydrogen) atoms. The first-order valence-electron chi connectivity index (χ1n) is 9.08. The number of amides is 1. The number of nitrogens with one attached hydrogen (secondary N) is 1. The van der Waals surface area contributed by atoms with Crippen molar-refractivity contribution in [3.8, 4) is 5.75 Å². The Morgan fingerprint density at radius 3 is 2.17 bits per heavy atom. The summed E-state index contributed by atoms with van der Waals surface area (Å²) in [6, 6.07) is 12.0. The Bertz CT molecular complexity index is 916. The largest absolute Gasteiger partial charge is 0.497 e. The van der Waals surface area contributed by atoms with E-state index in [9.17, 15) is 17.6 Å². The van der Waals surface area contributed by atoms with Crippen LogP contribution in [0.1, 0.15) is 24.9 Å². The third-order valence-electron chi connectivity index (χ3n) is 4.40. The fourth-order valence-corrected chi connectivity index (χ4v) is 3.80. The molecule has 0 aliphatic carbocycles. The van der Waals surface area contributed by atoms with E-state index < -0.39 is 28.5 Å². The number of rotatable bonds is 9. The van der Waals surface area contributed by atoms with Gasteiger partial charge in [-0.1, -0.05) is 19.1 Å². The molecule has 158 valence electrons. The summed E-state index contributed by atoms with van der Waals surface area (Å²) >= 11 is 0. The van der Waals surface area contributed by atoms with Crippen LogP contribution in [-0.2, 0) is 15.0 Å². The third-order valence-corrected chi connectivity index (χ3v) is 6.22. The topological polar surface area (TPSA) is 79.0 Å². The summed E-state index contributed by atoms with van der Waals surface area (Å²) in [7, 11) is 0.365. The van der Waals surface area contributed by atoms with Crippen molar-refractivity contribution >= 4 is 21.8 Å². The van der Waals surface area contributed by atoms with Crippen LogP contribution >= 0.6 is 0 Å². The molecule has 0 bridgehead atoms. The molecule has 2 rings (SSSR count). The standard InChI is InChI=1S/C20H26FN3O4S/c1-5-19(15-6-12-18(28-4)13-7-15)22-20(25)14-24(29(26,27)23(2)3)17-10-8-16(21)9-11-17/h6-13,19H,5,14H2,1-4H3,(H,22,25)/t19-/m0/s1. The molecule has 1 N–H and O–H groups in total. The lowest BCUT2D eigenvalue weighted by molar-refractivity contribution is -0.120. The van der Waals surface area contributed by atoms with Gasteiger partial charge in [0.25, 0.3) is 0 Å². The van der Waals surface area contributed by atoms with Crippen molar-refractivity contribution in [2.75, 3.05) is 32.1 Å². The zero-order chi connectivity index (χ0) is 21.6. The van der Waals surface area contributed by atoms with E-state index in [4.69, 9.17) is 4.74 Å². The van der Waals surface area contributed by atoms with Crippen molar-refractivity contribution in [2.24, 2.45) is 0 Å². The number of hydrogen-bond acceptors (Lipinski definition) is 4. The predicted octanol–water partition coefficient (Wildman–Crippen LogP) is 2.71. The summed E-state index contributed by atoms with van der Waals surface area (Å²) in [5, 5.41) is 2.86. The van der Waals surface area contributed by atoms with Gasteiger partial charge >= 0.3 is 10.2 Å². The Balaban J connectivity index is 2.22. The number of carbonyl (C=O) groups is 1. The van der Waals surface area contributed by atoms with Crippen molar-refractivity contribution in [1.29, 1.82) is 0 Å². The van der Waals surface area contributed by atoms with Crippen LogP contribution in [0.2, 0.25) is 0 Å². The summed E-state index contributed by atoms with van der Waals surface area (Å²) in [6.45, 7) is 1.49. The molecule has 9 heteroatoms. The fourth-order valence-electron chi connectivity index (χ4n) is 2.74. The molecule has 2 aromatic rings. The van der Waals surface area contributed by atoms with E-state index in [1.807, 2.05) is 19.1 Å². The summed E-state index contributed by atoms with van der Waals surface area (Å²) in [5.74, 6) is -0.261. The van der Waals surface area contributed by atoms with E-state index in [0.29, 0.717) is 12.2 Å². The molecule has 0 unspecified atom stereocenters. The number of methoxy groups -OCH3 is 1. The molecule has 0 radical (unpaired) electrons. The minimum atomic E-state index is -3.95. The fraction of sp³-hybridized carbons (Fsp3) is 0.350. The van der Waals surface area contributed by atoms with Crippen molar-refractivity contribution in [3.05, 3.63) is 59.9 Å². The van der Waals surface area contributed by atoms with Crippen LogP contribution in [0, 0.1) is 5.82 Å². The van der Waals surface area contributed by atoms with Gasteiger partial charge in [-0.15, -0.1) is 0 Å². The smallest absolute Gasteiger partial charge is 0.304 e. The van der Waals surface area contributed by atoms with Crippen LogP contribution in [0.15, 0.2) is 48.5 Å². The molecule has 1 atom stereocenters. The molecule has 7 nitrogen and oxygen atoms in total. The molecule has 0 saturated carbocycles. The summed E-state index contributed by atoms with van der Waals surface area (Å²) < 4.78 is 45.8. The van der Waals surface area contributed by atoms with E-state index in [1.54, 1.807) is 19.2 Å². The Kier molecular flexibility index (Phi) is 7.58. The van der Waals surface area contributed by atoms with Gasteiger partial charge < -0.3 is 10.1 Å². The highest BCUT2D eigenvalue weighted by molar-refractivity contribution is 7.90. The van der Waals surface area contributed by atoms with Gasteiger partial charge in [0.2, 0.25) is 5.91 Å². The second-order valence-corrected chi connectivity index (χ2v) is 8.64. The molecular formula is C20H26FN3O4S. The SMILES string of the molecule is CC[C@H](NC(=O)CN(c1ccc(F)cc1)S(=O)(=O)N(C)C)c1ccc(OC)cc1.